The van der Waals surface area contributed by atoms with Gasteiger partial charge in [0.05, 0.1) is 12.1 Å². The van der Waals surface area contributed by atoms with Crippen molar-refractivity contribution in [2.24, 2.45) is 8.73 Å². The summed E-state index contributed by atoms with van der Waals surface area (Å²) in [5.74, 6) is 0. The maximum atomic E-state index is 13.5. The zero-order chi connectivity index (χ0) is 18.1. The van der Waals surface area contributed by atoms with E-state index in [2.05, 4.69) is 41.8 Å². The first kappa shape index (κ1) is 18.6. The lowest BCUT2D eigenvalue weighted by Crippen LogP contribution is -2.15. The molecule has 2 atom stereocenters. The molecule has 2 aromatic heterocycles. The quantitative estimate of drug-likeness (QED) is 0.542. The zero-order valence-electron chi connectivity index (χ0n) is 13.7. The van der Waals surface area contributed by atoms with Gasteiger partial charge in [-0.05, 0) is 81.8 Å². The minimum Gasteiger partial charge on any atom is -0.271 e. The molecule has 2 aliphatic rings. The van der Waals surface area contributed by atoms with E-state index >= 15 is 0 Å². The van der Waals surface area contributed by atoms with E-state index in [9.17, 15) is 4.79 Å². The number of halogens is 2. The highest BCUT2D eigenvalue weighted by Gasteiger charge is 2.29. The van der Waals surface area contributed by atoms with Crippen LogP contribution < -0.4 is 0 Å². The summed E-state index contributed by atoms with van der Waals surface area (Å²) >= 11 is 6.80. The molecule has 2 saturated carbocycles. The second-order valence-corrected chi connectivity index (χ2v) is 11.3. The first-order valence-electron chi connectivity index (χ1n) is 8.28. The molecule has 5 nitrogen and oxygen atoms in total. The van der Waals surface area contributed by atoms with Gasteiger partial charge >= 0.3 is 0 Å². The molecule has 4 rings (SSSR count). The fraction of sp³-hybridized carbons (Fsp3) is 0.353. The Labute approximate surface area is 173 Å². The predicted octanol–water partition coefficient (Wildman–Crippen LogP) is 5.47. The molecule has 2 fully saturated rings. The third-order valence-electron chi connectivity index (χ3n) is 3.72. The van der Waals surface area contributed by atoms with Gasteiger partial charge in [-0.25, -0.2) is 18.7 Å². The van der Waals surface area contributed by atoms with Crippen molar-refractivity contribution in [3.05, 3.63) is 45.6 Å². The number of aromatic nitrogens is 2. The lowest BCUT2D eigenvalue weighted by atomic mass is 10.5. The number of pyridine rings is 2. The maximum Gasteiger partial charge on any atom is 0.279 e. The molecule has 2 aliphatic carbocycles. The average molecular weight is 516 g/mol. The van der Waals surface area contributed by atoms with Gasteiger partial charge < -0.3 is 0 Å². The fourth-order valence-corrected chi connectivity index (χ4v) is 6.34. The highest BCUT2D eigenvalue weighted by atomic mass is 79.9. The Kier molecular flexibility index (Phi) is 5.78. The Morgan fingerprint density at radius 2 is 1.27 bits per heavy atom. The summed E-state index contributed by atoms with van der Waals surface area (Å²) in [5, 5.41) is 1.43. The average Bonchev–Trinajstić information content (AvgIpc) is 3.54. The second kappa shape index (κ2) is 8.08. The molecule has 0 aliphatic heterocycles. The van der Waals surface area contributed by atoms with Crippen LogP contribution in [-0.2, 0) is 21.4 Å². The minimum absolute atomic E-state index is 0.0217. The summed E-state index contributed by atoms with van der Waals surface area (Å²) in [6.45, 7) is 0. The first-order valence-corrected chi connectivity index (χ1v) is 12.2. The SMILES string of the molecule is O=C(S(=NC1CC1)c1ccc(Br)cn1)S(=NC1CC1)c1ccc(Br)cn1. The van der Waals surface area contributed by atoms with Crippen molar-refractivity contribution in [3.8, 4) is 0 Å². The highest BCUT2D eigenvalue weighted by Crippen LogP contribution is 2.30. The molecule has 0 amide bonds. The summed E-state index contributed by atoms with van der Waals surface area (Å²) in [7, 11) is -1.82. The first-order chi connectivity index (χ1) is 12.6. The molecule has 136 valence electrons. The van der Waals surface area contributed by atoms with Crippen molar-refractivity contribution in [2.45, 2.75) is 47.8 Å². The highest BCUT2D eigenvalue weighted by molar-refractivity contribution is 9.10. The predicted molar refractivity (Wildman–Crippen MR) is 111 cm³/mol. The molecular formula is C17H16Br2N4OS2. The summed E-state index contributed by atoms with van der Waals surface area (Å²) in [4.78, 5) is 22.4. The maximum absolute atomic E-state index is 13.5. The van der Waals surface area contributed by atoms with Gasteiger partial charge in [-0.15, -0.1) is 0 Å². The fourth-order valence-electron chi connectivity index (χ4n) is 2.05. The van der Waals surface area contributed by atoms with Crippen LogP contribution in [0.2, 0.25) is 0 Å². The summed E-state index contributed by atoms with van der Waals surface area (Å²) in [6.07, 6.45) is 7.65. The largest absolute Gasteiger partial charge is 0.279 e. The molecule has 0 aromatic carbocycles. The van der Waals surface area contributed by atoms with E-state index in [0.29, 0.717) is 10.1 Å². The number of carbonyl (C=O) groups excluding carboxylic acids is 1. The van der Waals surface area contributed by atoms with Crippen LogP contribution in [-0.4, -0.2) is 26.5 Å². The van der Waals surface area contributed by atoms with Gasteiger partial charge in [-0.1, -0.05) is 0 Å². The lowest BCUT2D eigenvalue weighted by molar-refractivity contribution is 0.276. The summed E-state index contributed by atoms with van der Waals surface area (Å²) < 4.78 is 11.4. The molecule has 0 saturated heterocycles. The van der Waals surface area contributed by atoms with Crippen molar-refractivity contribution in [3.63, 3.8) is 0 Å². The van der Waals surface area contributed by atoms with Gasteiger partial charge in [0, 0.05) is 42.7 Å². The van der Waals surface area contributed by atoms with E-state index in [1.165, 1.54) is 0 Å². The van der Waals surface area contributed by atoms with Crippen molar-refractivity contribution >= 4 is 57.7 Å². The van der Waals surface area contributed by atoms with Crippen LogP contribution in [0.4, 0.5) is 4.79 Å². The van der Waals surface area contributed by atoms with Crippen LogP contribution in [0.1, 0.15) is 25.7 Å². The third kappa shape index (κ3) is 4.74. The van der Waals surface area contributed by atoms with Gasteiger partial charge in [-0.2, -0.15) is 0 Å². The van der Waals surface area contributed by atoms with Crippen LogP contribution in [0, 0.1) is 0 Å². The van der Waals surface area contributed by atoms with E-state index in [0.717, 1.165) is 34.6 Å². The van der Waals surface area contributed by atoms with Gasteiger partial charge in [-0.3, -0.25) is 4.79 Å². The monoisotopic (exact) mass is 514 g/mol. The van der Waals surface area contributed by atoms with E-state index < -0.39 is 21.4 Å². The topological polar surface area (TPSA) is 67.6 Å². The Morgan fingerprint density at radius 1 is 0.846 bits per heavy atom. The van der Waals surface area contributed by atoms with E-state index in [1.807, 2.05) is 24.3 Å². The molecule has 2 unspecified atom stereocenters. The van der Waals surface area contributed by atoms with Crippen LogP contribution in [0.15, 0.2) is 64.4 Å². The molecule has 2 aromatic rings. The van der Waals surface area contributed by atoms with Crippen molar-refractivity contribution in [1.29, 1.82) is 0 Å². The third-order valence-corrected chi connectivity index (χ3v) is 8.53. The molecule has 0 N–H and O–H groups in total. The van der Waals surface area contributed by atoms with E-state index in [4.69, 9.17) is 8.73 Å². The summed E-state index contributed by atoms with van der Waals surface area (Å²) in [6, 6.07) is 8.13. The molecule has 9 heteroatoms. The minimum atomic E-state index is -0.912. The Bertz CT molecular complexity index is 818. The van der Waals surface area contributed by atoms with Crippen LogP contribution >= 0.6 is 31.9 Å². The molecule has 0 bridgehead atoms. The van der Waals surface area contributed by atoms with Gasteiger partial charge in [0.1, 0.15) is 10.1 Å². The van der Waals surface area contributed by atoms with Gasteiger partial charge in [0.2, 0.25) is 0 Å². The number of rotatable bonds is 4. The number of nitrogens with zero attached hydrogens (tertiary/aromatic N) is 4. The Morgan fingerprint density at radius 3 is 1.58 bits per heavy atom. The second-order valence-electron chi connectivity index (χ2n) is 6.12. The molecule has 2 heterocycles. The normalized spacial score (nSPS) is 19.5. The number of hydrogen-bond acceptors (Lipinski definition) is 5. The standard InChI is InChI=1S/C17H16Br2N4OS2/c18-11-1-7-15(20-9-11)25(22-13-3-4-13)17(24)26(23-14-5-6-14)16-8-2-12(19)10-21-16/h1-2,7-10,13-14H,3-6H2. The molecule has 0 radical (unpaired) electrons. The number of carbonyl (C=O) groups is 1. The van der Waals surface area contributed by atoms with E-state index in [1.54, 1.807) is 12.4 Å². The molecule has 0 spiro atoms. The smallest absolute Gasteiger partial charge is 0.271 e. The van der Waals surface area contributed by atoms with Crippen molar-refractivity contribution in [2.75, 3.05) is 0 Å². The van der Waals surface area contributed by atoms with Crippen LogP contribution in [0.25, 0.3) is 0 Å². The van der Waals surface area contributed by atoms with Gasteiger partial charge in [0.25, 0.3) is 4.45 Å². The Balaban J connectivity index is 1.74. The zero-order valence-corrected chi connectivity index (χ0v) is 18.5. The van der Waals surface area contributed by atoms with Crippen molar-refractivity contribution < 1.29 is 4.79 Å². The van der Waals surface area contributed by atoms with Crippen molar-refractivity contribution in [1.82, 2.24) is 9.97 Å². The lowest BCUT2D eigenvalue weighted by Gasteiger charge is -2.10. The summed E-state index contributed by atoms with van der Waals surface area (Å²) in [5.41, 5.74) is 0. The molecule has 26 heavy (non-hydrogen) atoms. The van der Waals surface area contributed by atoms with Crippen LogP contribution in [0.5, 0.6) is 0 Å². The molecular weight excluding hydrogens is 500 g/mol. The van der Waals surface area contributed by atoms with Crippen LogP contribution in [0.3, 0.4) is 0 Å². The Hall–Kier alpha value is -0.770. The van der Waals surface area contributed by atoms with Gasteiger partial charge in [0.15, 0.2) is 0 Å². The van der Waals surface area contributed by atoms with E-state index in [-0.39, 0.29) is 16.5 Å². The number of hydrogen-bond donors (Lipinski definition) is 0.